The summed E-state index contributed by atoms with van der Waals surface area (Å²) in [6.07, 6.45) is 1.88. The van der Waals surface area contributed by atoms with Crippen LogP contribution < -0.4 is 5.32 Å². The number of amides is 1. The third-order valence-electron chi connectivity index (χ3n) is 2.51. The summed E-state index contributed by atoms with van der Waals surface area (Å²) in [5.74, 6) is 0.449. The van der Waals surface area contributed by atoms with Gasteiger partial charge in [0, 0.05) is 27.3 Å². The summed E-state index contributed by atoms with van der Waals surface area (Å²) in [6.45, 7) is 0.566. The van der Waals surface area contributed by atoms with E-state index in [1.54, 1.807) is 30.9 Å². The number of nitrogens with one attached hydrogen (secondary N) is 1. The number of rotatable bonds is 4. The maximum atomic E-state index is 11.6. The molecule has 0 fully saturated rings. The van der Waals surface area contributed by atoms with E-state index >= 15 is 0 Å². The Labute approximate surface area is 111 Å². The van der Waals surface area contributed by atoms with Crippen molar-refractivity contribution in [3.63, 3.8) is 0 Å². The minimum Gasteiger partial charge on any atom is -0.363 e. The van der Waals surface area contributed by atoms with Gasteiger partial charge in [0.25, 0.3) is 5.91 Å². The van der Waals surface area contributed by atoms with Gasteiger partial charge in [0.05, 0.1) is 12.2 Å². The van der Waals surface area contributed by atoms with E-state index in [0.29, 0.717) is 18.1 Å². The van der Waals surface area contributed by atoms with Crippen LogP contribution >= 0.6 is 0 Å². The van der Waals surface area contributed by atoms with Gasteiger partial charge < -0.3 is 10.2 Å². The van der Waals surface area contributed by atoms with E-state index in [4.69, 9.17) is 0 Å². The average molecular weight is 260 g/mol. The monoisotopic (exact) mass is 260 g/mol. The van der Waals surface area contributed by atoms with Crippen LogP contribution in [0.3, 0.4) is 0 Å². The molecule has 0 spiro atoms. The molecule has 0 aliphatic rings. The number of carbonyl (C=O) groups is 1. The van der Waals surface area contributed by atoms with Gasteiger partial charge in [0.2, 0.25) is 0 Å². The van der Waals surface area contributed by atoms with Crippen LogP contribution in [0.15, 0.2) is 24.4 Å². The second kappa shape index (κ2) is 5.47. The molecule has 0 aliphatic carbocycles. The predicted molar refractivity (Wildman–Crippen MR) is 70.6 cm³/mol. The van der Waals surface area contributed by atoms with Crippen LogP contribution in [0.5, 0.6) is 0 Å². The lowest BCUT2D eigenvalue weighted by Gasteiger charge is -2.09. The van der Waals surface area contributed by atoms with Crippen molar-refractivity contribution in [2.75, 3.05) is 19.4 Å². The van der Waals surface area contributed by atoms with Crippen LogP contribution in [0.2, 0.25) is 0 Å². The van der Waals surface area contributed by atoms with E-state index in [1.165, 1.54) is 4.90 Å². The summed E-state index contributed by atoms with van der Waals surface area (Å²) in [5, 5.41) is 15.2. The van der Waals surface area contributed by atoms with Gasteiger partial charge in [-0.05, 0) is 18.2 Å². The zero-order chi connectivity index (χ0) is 13.8. The SMILES string of the molecule is CN(C)C(=O)c1ccc(NCc2ccn(C)n2)nn1. The molecule has 0 saturated carbocycles. The van der Waals surface area contributed by atoms with E-state index in [-0.39, 0.29) is 5.91 Å². The molecule has 0 aromatic carbocycles. The molecule has 0 bridgehead atoms. The van der Waals surface area contributed by atoms with Crippen molar-refractivity contribution in [2.24, 2.45) is 7.05 Å². The summed E-state index contributed by atoms with van der Waals surface area (Å²) < 4.78 is 1.74. The van der Waals surface area contributed by atoms with Crippen molar-refractivity contribution in [2.45, 2.75) is 6.54 Å². The van der Waals surface area contributed by atoms with Crippen molar-refractivity contribution >= 4 is 11.7 Å². The normalized spacial score (nSPS) is 10.3. The first-order valence-corrected chi connectivity index (χ1v) is 5.84. The van der Waals surface area contributed by atoms with Crippen LogP contribution in [0.4, 0.5) is 5.82 Å². The van der Waals surface area contributed by atoms with Crippen LogP contribution in [-0.4, -0.2) is 44.9 Å². The Kier molecular flexibility index (Phi) is 3.74. The highest BCUT2D eigenvalue weighted by atomic mass is 16.2. The average Bonchev–Trinajstić information content (AvgIpc) is 2.82. The predicted octanol–water partition coefficient (Wildman–Crippen LogP) is 0.524. The van der Waals surface area contributed by atoms with Crippen LogP contribution in [0.25, 0.3) is 0 Å². The molecule has 1 N–H and O–H groups in total. The summed E-state index contributed by atoms with van der Waals surface area (Å²) in [7, 11) is 5.22. The molecule has 2 heterocycles. The summed E-state index contributed by atoms with van der Waals surface area (Å²) in [4.78, 5) is 13.1. The minimum atomic E-state index is -0.163. The Morgan fingerprint density at radius 2 is 2.11 bits per heavy atom. The van der Waals surface area contributed by atoms with Crippen molar-refractivity contribution < 1.29 is 4.79 Å². The smallest absolute Gasteiger partial charge is 0.273 e. The van der Waals surface area contributed by atoms with Gasteiger partial charge in [-0.1, -0.05) is 0 Å². The molecule has 19 heavy (non-hydrogen) atoms. The van der Waals surface area contributed by atoms with E-state index in [0.717, 1.165) is 5.69 Å². The fourth-order valence-electron chi connectivity index (χ4n) is 1.51. The van der Waals surface area contributed by atoms with Gasteiger partial charge in [0.15, 0.2) is 5.69 Å². The third-order valence-corrected chi connectivity index (χ3v) is 2.51. The van der Waals surface area contributed by atoms with Crippen LogP contribution in [0.1, 0.15) is 16.2 Å². The second-order valence-corrected chi connectivity index (χ2v) is 4.34. The second-order valence-electron chi connectivity index (χ2n) is 4.34. The maximum absolute atomic E-state index is 11.6. The zero-order valence-electron chi connectivity index (χ0n) is 11.2. The third kappa shape index (κ3) is 3.27. The van der Waals surface area contributed by atoms with E-state index in [2.05, 4.69) is 20.6 Å². The molecule has 0 aliphatic heterocycles. The van der Waals surface area contributed by atoms with Gasteiger partial charge >= 0.3 is 0 Å². The van der Waals surface area contributed by atoms with Gasteiger partial charge in [-0.3, -0.25) is 9.48 Å². The Morgan fingerprint density at radius 3 is 2.63 bits per heavy atom. The van der Waals surface area contributed by atoms with E-state index in [1.807, 2.05) is 19.3 Å². The number of hydrogen-bond donors (Lipinski definition) is 1. The molecule has 2 rings (SSSR count). The molecule has 0 radical (unpaired) electrons. The minimum absolute atomic E-state index is 0.163. The first-order valence-electron chi connectivity index (χ1n) is 5.84. The Morgan fingerprint density at radius 1 is 1.32 bits per heavy atom. The molecule has 2 aromatic heterocycles. The van der Waals surface area contributed by atoms with Crippen molar-refractivity contribution in [3.05, 3.63) is 35.8 Å². The largest absolute Gasteiger partial charge is 0.363 e. The molecule has 7 nitrogen and oxygen atoms in total. The van der Waals surface area contributed by atoms with Crippen molar-refractivity contribution in [3.8, 4) is 0 Å². The van der Waals surface area contributed by atoms with Crippen LogP contribution in [-0.2, 0) is 13.6 Å². The lowest BCUT2D eigenvalue weighted by Crippen LogP contribution is -2.23. The van der Waals surface area contributed by atoms with Crippen molar-refractivity contribution in [1.29, 1.82) is 0 Å². The summed E-state index contributed by atoms with van der Waals surface area (Å²) in [6, 6.07) is 5.30. The standard InChI is InChI=1S/C12H16N6O/c1-17(2)12(19)10-4-5-11(15-14-10)13-8-9-6-7-18(3)16-9/h4-7H,8H2,1-3H3,(H,13,15). The molecular weight excluding hydrogens is 244 g/mol. The number of aryl methyl sites for hydroxylation is 1. The molecule has 100 valence electrons. The molecule has 1 amide bonds. The maximum Gasteiger partial charge on any atom is 0.273 e. The summed E-state index contributed by atoms with van der Waals surface area (Å²) >= 11 is 0. The highest BCUT2D eigenvalue weighted by molar-refractivity contribution is 5.91. The van der Waals surface area contributed by atoms with Crippen LogP contribution in [0, 0.1) is 0 Å². The number of nitrogens with zero attached hydrogens (tertiary/aromatic N) is 5. The fourth-order valence-corrected chi connectivity index (χ4v) is 1.51. The Balaban J connectivity index is 1.97. The van der Waals surface area contributed by atoms with Gasteiger partial charge in [-0.25, -0.2) is 0 Å². The molecule has 7 heteroatoms. The number of anilines is 1. The number of hydrogen-bond acceptors (Lipinski definition) is 5. The first kappa shape index (κ1) is 13.0. The molecule has 0 atom stereocenters. The highest BCUT2D eigenvalue weighted by Crippen LogP contribution is 2.05. The lowest BCUT2D eigenvalue weighted by molar-refractivity contribution is 0.0821. The van der Waals surface area contributed by atoms with Gasteiger partial charge in [-0.15, -0.1) is 10.2 Å². The summed E-state index contributed by atoms with van der Waals surface area (Å²) in [5.41, 5.74) is 1.24. The quantitative estimate of drug-likeness (QED) is 0.867. The lowest BCUT2D eigenvalue weighted by atomic mass is 10.3. The topological polar surface area (TPSA) is 75.9 Å². The molecular formula is C12H16N6O. The van der Waals surface area contributed by atoms with Gasteiger partial charge in [-0.2, -0.15) is 5.10 Å². The highest BCUT2D eigenvalue weighted by Gasteiger charge is 2.09. The van der Waals surface area contributed by atoms with E-state index in [9.17, 15) is 4.79 Å². The Bertz CT molecular complexity index is 560. The number of carbonyl (C=O) groups excluding carboxylic acids is 1. The molecule has 0 unspecified atom stereocenters. The molecule has 2 aromatic rings. The van der Waals surface area contributed by atoms with Crippen molar-refractivity contribution in [1.82, 2.24) is 24.9 Å². The zero-order valence-corrected chi connectivity index (χ0v) is 11.2. The fraction of sp³-hybridized carbons (Fsp3) is 0.333. The molecule has 0 saturated heterocycles. The first-order chi connectivity index (χ1) is 9.06. The van der Waals surface area contributed by atoms with Gasteiger partial charge in [0.1, 0.15) is 5.82 Å². The van der Waals surface area contributed by atoms with E-state index < -0.39 is 0 Å². The number of aromatic nitrogens is 4. The Hall–Kier alpha value is -2.44.